The predicted molar refractivity (Wildman–Crippen MR) is 7.61 cm³/mol. The standard InChI is InChI=1S/3Fe.H3O4P/c;;;1-5(2,3)4/h;;;(H3,1,2,3,4)/q3*+1;/p-3. The Bertz CT molecular complexity index is 57.4. The summed E-state index contributed by atoms with van der Waals surface area (Å²) in [7, 11) is -5.39. The van der Waals surface area contributed by atoms with E-state index in [2.05, 4.69) is 0 Å². The predicted octanol–water partition coefficient (Wildman–Crippen LogP) is -2.83. The van der Waals surface area contributed by atoms with E-state index in [0.717, 1.165) is 0 Å². The number of hydrogen-bond acceptors (Lipinski definition) is 4. The van der Waals surface area contributed by atoms with Gasteiger partial charge in [-0.2, -0.15) is 7.82 Å². The summed E-state index contributed by atoms with van der Waals surface area (Å²) in [5, 5.41) is 0. The Morgan fingerprint density at radius 2 is 0.875 bits per heavy atom. The molecule has 0 atom stereocenters. The van der Waals surface area contributed by atoms with E-state index in [4.69, 9.17) is 19.2 Å². The first kappa shape index (κ1) is 22.6. The Morgan fingerprint density at radius 1 is 0.875 bits per heavy atom. The normalized spacial score (nSPS) is 7.38. The fraction of sp³-hybridized carbons (Fsp3) is 0. The van der Waals surface area contributed by atoms with Gasteiger partial charge in [0.2, 0.25) is 0 Å². The molecule has 0 aromatic rings. The van der Waals surface area contributed by atoms with Crippen LogP contribution in [-0.2, 0) is 55.8 Å². The first-order chi connectivity index (χ1) is 2.00. The Labute approximate surface area is 78.1 Å². The van der Waals surface area contributed by atoms with Crippen molar-refractivity contribution in [3.63, 3.8) is 0 Å². The van der Waals surface area contributed by atoms with Crippen molar-refractivity contribution in [3.05, 3.63) is 0 Å². The van der Waals surface area contributed by atoms with Crippen LogP contribution < -0.4 is 14.7 Å². The molecule has 0 heterocycles. The molecule has 0 aromatic heterocycles. The number of rotatable bonds is 0. The van der Waals surface area contributed by atoms with Crippen LogP contribution in [0, 0.1) is 0 Å². The van der Waals surface area contributed by atoms with Gasteiger partial charge in [0.25, 0.3) is 0 Å². The van der Waals surface area contributed by atoms with Crippen LogP contribution in [0.25, 0.3) is 0 Å². The van der Waals surface area contributed by atoms with Gasteiger partial charge in [-0.15, -0.1) is 0 Å². The van der Waals surface area contributed by atoms with Gasteiger partial charge in [-0.3, -0.25) is 0 Å². The third-order valence-electron chi connectivity index (χ3n) is 0. The molecule has 0 fully saturated rings. The maximum absolute atomic E-state index is 8.55. The van der Waals surface area contributed by atoms with Gasteiger partial charge >= 0.3 is 51.2 Å². The van der Waals surface area contributed by atoms with Gasteiger partial charge in [-0.25, -0.2) is 0 Å². The average molecular weight is 263 g/mol. The van der Waals surface area contributed by atoms with Gasteiger partial charge in [0.05, 0.1) is 0 Å². The maximum atomic E-state index is 8.55. The van der Waals surface area contributed by atoms with Gasteiger partial charge in [-0.1, -0.05) is 0 Å². The quantitative estimate of drug-likeness (QED) is 0.348. The van der Waals surface area contributed by atoms with E-state index in [0.29, 0.717) is 0 Å². The molecule has 0 aliphatic heterocycles. The molecule has 0 aromatic carbocycles. The number of hydrogen-bond donors (Lipinski definition) is 0. The summed E-state index contributed by atoms with van der Waals surface area (Å²) >= 11 is 0. The molecule has 53 valence electrons. The van der Waals surface area contributed by atoms with Gasteiger partial charge in [0, 0.05) is 0 Å². The Hall–Kier alpha value is 1.67. The second kappa shape index (κ2) is 8.67. The molecule has 8 heteroatoms. The summed E-state index contributed by atoms with van der Waals surface area (Å²) in [5.41, 5.74) is 0. The van der Waals surface area contributed by atoms with Gasteiger partial charge in [-0.05, 0) is 0 Å². The van der Waals surface area contributed by atoms with Crippen LogP contribution in [0.1, 0.15) is 0 Å². The molecule has 0 amide bonds. The van der Waals surface area contributed by atoms with Crippen molar-refractivity contribution < 1.29 is 70.5 Å². The van der Waals surface area contributed by atoms with E-state index in [-0.39, 0.29) is 51.2 Å². The summed E-state index contributed by atoms with van der Waals surface area (Å²) in [5.74, 6) is 0. The third kappa shape index (κ3) is 122. The zero-order valence-corrected chi connectivity index (χ0v) is 7.35. The molecular formula is Fe3O4P. The summed E-state index contributed by atoms with van der Waals surface area (Å²) < 4.78 is 8.55. The molecule has 8 heavy (non-hydrogen) atoms. The van der Waals surface area contributed by atoms with E-state index >= 15 is 0 Å². The van der Waals surface area contributed by atoms with E-state index in [1.165, 1.54) is 0 Å². The first-order valence-corrected chi connectivity index (χ1v) is 2.19. The topological polar surface area (TPSA) is 86.2 Å². The fourth-order valence-corrected chi connectivity index (χ4v) is 0. The number of phosphoric acid groups is 1. The fourth-order valence-electron chi connectivity index (χ4n) is 0. The van der Waals surface area contributed by atoms with Crippen molar-refractivity contribution in [1.82, 2.24) is 0 Å². The molecule has 0 unspecified atom stereocenters. The van der Waals surface area contributed by atoms with Crippen molar-refractivity contribution in [1.29, 1.82) is 0 Å². The van der Waals surface area contributed by atoms with Gasteiger partial charge in [0.1, 0.15) is 0 Å². The summed E-state index contributed by atoms with van der Waals surface area (Å²) in [6.45, 7) is 0. The van der Waals surface area contributed by atoms with Crippen molar-refractivity contribution in [3.8, 4) is 0 Å². The second-order valence-electron chi connectivity index (χ2n) is 0.447. The van der Waals surface area contributed by atoms with Crippen molar-refractivity contribution in [2.75, 3.05) is 0 Å². The van der Waals surface area contributed by atoms with Gasteiger partial charge in [0.15, 0.2) is 0 Å². The second-order valence-corrected chi connectivity index (χ2v) is 1.34. The Kier molecular flexibility index (Phi) is 24.5. The van der Waals surface area contributed by atoms with Crippen LogP contribution >= 0.6 is 7.82 Å². The summed E-state index contributed by atoms with van der Waals surface area (Å²) in [6.07, 6.45) is 0. The third-order valence-corrected chi connectivity index (χ3v) is 0. The van der Waals surface area contributed by atoms with E-state index < -0.39 is 7.82 Å². The van der Waals surface area contributed by atoms with Gasteiger partial charge < -0.3 is 19.2 Å². The molecule has 3 radical (unpaired) electrons. The molecule has 0 saturated heterocycles. The van der Waals surface area contributed by atoms with E-state index in [9.17, 15) is 0 Å². The molecule has 0 bridgehead atoms. The summed E-state index contributed by atoms with van der Waals surface area (Å²) in [6, 6.07) is 0. The molecule has 0 aliphatic carbocycles. The molecule has 4 nitrogen and oxygen atoms in total. The largest absolute Gasteiger partial charge is 1.00 e. The van der Waals surface area contributed by atoms with E-state index in [1.54, 1.807) is 0 Å². The van der Waals surface area contributed by atoms with Crippen molar-refractivity contribution >= 4 is 7.82 Å². The molecule has 0 N–H and O–H groups in total. The SMILES string of the molecule is O=P([O-])([O-])[O-].[Fe+].[Fe+].[Fe+]. The maximum Gasteiger partial charge on any atom is 1.00 e. The van der Waals surface area contributed by atoms with Crippen LogP contribution in [-0.4, -0.2) is 0 Å². The molecule has 0 aliphatic rings. The minimum absolute atomic E-state index is 0. The minimum atomic E-state index is -5.39. The van der Waals surface area contributed by atoms with E-state index in [1.807, 2.05) is 0 Å². The van der Waals surface area contributed by atoms with Crippen molar-refractivity contribution in [2.24, 2.45) is 0 Å². The van der Waals surface area contributed by atoms with Crippen LogP contribution in [0.4, 0.5) is 0 Å². The van der Waals surface area contributed by atoms with Crippen LogP contribution in [0.3, 0.4) is 0 Å². The van der Waals surface area contributed by atoms with Crippen LogP contribution in [0.2, 0.25) is 0 Å². The Morgan fingerprint density at radius 3 is 0.875 bits per heavy atom. The summed E-state index contributed by atoms with van der Waals surface area (Å²) in [4.78, 5) is 25.6. The monoisotopic (exact) mass is 263 g/mol. The average Bonchev–Trinajstić information content (AvgIpc) is 0.722. The Balaban J connectivity index is -0.0000000267. The molecule has 0 spiro atoms. The molecule has 0 rings (SSSR count). The minimum Gasteiger partial charge on any atom is -0.822 e. The van der Waals surface area contributed by atoms with Crippen LogP contribution in [0.15, 0.2) is 0 Å². The zero-order chi connectivity index (χ0) is 4.50. The molecular weight excluding hydrogens is 263 g/mol. The van der Waals surface area contributed by atoms with Crippen molar-refractivity contribution in [2.45, 2.75) is 0 Å². The molecule has 0 saturated carbocycles. The zero-order valence-electron chi connectivity index (χ0n) is 3.14. The first-order valence-electron chi connectivity index (χ1n) is 0.730. The smallest absolute Gasteiger partial charge is 0.822 e. The van der Waals surface area contributed by atoms with Crippen LogP contribution in [0.5, 0.6) is 0 Å².